The van der Waals surface area contributed by atoms with Gasteiger partial charge in [0.05, 0.1) is 24.9 Å². The van der Waals surface area contributed by atoms with E-state index in [0.717, 1.165) is 12.1 Å². The van der Waals surface area contributed by atoms with Crippen molar-refractivity contribution in [1.29, 1.82) is 10.8 Å². The van der Waals surface area contributed by atoms with Crippen LogP contribution in [0.3, 0.4) is 0 Å². The highest BCUT2D eigenvalue weighted by atomic mass is 19.1. The highest BCUT2D eigenvalue weighted by Crippen LogP contribution is 2.24. The number of nitrogens with zero attached hydrogens (tertiary/aromatic N) is 1. The van der Waals surface area contributed by atoms with E-state index in [2.05, 4.69) is 16.0 Å². The zero-order valence-corrected chi connectivity index (χ0v) is 19.3. The van der Waals surface area contributed by atoms with Crippen LogP contribution in [0.4, 0.5) is 10.1 Å². The molecule has 34 heavy (non-hydrogen) atoms. The molecule has 2 aliphatic heterocycles. The summed E-state index contributed by atoms with van der Waals surface area (Å²) in [6.07, 6.45) is 2.81. The Hall–Kier alpha value is -3.73. The number of hydrogen-bond donors (Lipinski definition) is 6. The Morgan fingerprint density at radius 3 is 2.68 bits per heavy atom. The molecule has 0 bridgehead atoms. The number of nitrogens with one attached hydrogen (secondary N) is 5. The Morgan fingerprint density at radius 1 is 1.32 bits per heavy atom. The monoisotopic (exact) mass is 471 g/mol. The molecule has 0 radical (unpaired) electrons. The van der Waals surface area contributed by atoms with Gasteiger partial charge in [-0.2, -0.15) is 0 Å². The predicted octanol–water partition coefficient (Wildman–Crippen LogP) is 1.17. The fourth-order valence-electron chi connectivity index (χ4n) is 3.89. The first-order chi connectivity index (χ1) is 16.2. The minimum Gasteiger partial charge on any atom is -0.393 e. The third-order valence-corrected chi connectivity index (χ3v) is 5.74. The molecule has 0 aromatic heterocycles. The number of halogens is 1. The molecule has 2 heterocycles. The molecular formula is C23H30FN7O3. The van der Waals surface area contributed by atoms with Gasteiger partial charge in [0.1, 0.15) is 17.4 Å². The van der Waals surface area contributed by atoms with Gasteiger partial charge in [0, 0.05) is 56.6 Å². The molecule has 0 spiro atoms. The molecule has 1 atom stereocenters. The Morgan fingerprint density at radius 2 is 2.09 bits per heavy atom. The molecule has 1 unspecified atom stereocenters. The number of benzene rings is 1. The summed E-state index contributed by atoms with van der Waals surface area (Å²) < 4.78 is 20.4. The molecule has 10 nitrogen and oxygen atoms in total. The zero-order chi connectivity index (χ0) is 24.8. The first-order valence-corrected chi connectivity index (χ1v) is 10.9. The second kappa shape index (κ2) is 10.9. The van der Waals surface area contributed by atoms with Gasteiger partial charge in [0.2, 0.25) is 5.91 Å². The maximum Gasteiger partial charge on any atom is 0.267 e. The first-order valence-electron chi connectivity index (χ1n) is 10.9. The van der Waals surface area contributed by atoms with Crippen LogP contribution < -0.4 is 21.7 Å². The number of rotatable bonds is 8. The summed E-state index contributed by atoms with van der Waals surface area (Å²) in [6, 6.07) is 4.27. The molecule has 11 heteroatoms. The van der Waals surface area contributed by atoms with Gasteiger partial charge < -0.3 is 31.3 Å². The fourth-order valence-corrected chi connectivity index (χ4v) is 3.89. The molecule has 1 fully saturated rings. The number of amidine groups is 1. The Bertz CT molecular complexity index is 1060. The maximum absolute atomic E-state index is 15.0. The average Bonchev–Trinajstić information content (AvgIpc) is 3.31. The van der Waals surface area contributed by atoms with E-state index in [4.69, 9.17) is 21.3 Å². The molecule has 1 aromatic carbocycles. The molecule has 1 saturated heterocycles. The predicted molar refractivity (Wildman–Crippen MR) is 128 cm³/mol. The van der Waals surface area contributed by atoms with Crippen molar-refractivity contribution < 1.29 is 18.7 Å². The number of carbonyl (C=O) groups is 2. The highest BCUT2D eigenvalue weighted by molar-refractivity contribution is 6.54. The number of hydrogen-bond acceptors (Lipinski definition) is 7. The van der Waals surface area contributed by atoms with Crippen molar-refractivity contribution in [2.45, 2.75) is 25.8 Å². The van der Waals surface area contributed by atoms with Crippen LogP contribution in [0.5, 0.6) is 0 Å². The summed E-state index contributed by atoms with van der Waals surface area (Å²) in [5.41, 5.74) is 6.68. The van der Waals surface area contributed by atoms with Crippen LogP contribution >= 0.6 is 0 Å². The summed E-state index contributed by atoms with van der Waals surface area (Å²) in [5, 5.41) is 25.4. The van der Waals surface area contributed by atoms with Crippen LogP contribution in [-0.4, -0.2) is 67.7 Å². The van der Waals surface area contributed by atoms with Gasteiger partial charge in [-0.05, 0) is 24.1 Å². The third kappa shape index (κ3) is 5.79. The molecule has 1 aromatic rings. The molecular weight excluding hydrogens is 441 g/mol. The summed E-state index contributed by atoms with van der Waals surface area (Å²) in [5.74, 6) is -1.71. The largest absolute Gasteiger partial charge is 0.393 e. The van der Waals surface area contributed by atoms with Crippen LogP contribution in [0.1, 0.15) is 25.3 Å². The molecule has 7 N–H and O–H groups in total. The van der Waals surface area contributed by atoms with Gasteiger partial charge in [-0.25, -0.2) is 4.39 Å². The van der Waals surface area contributed by atoms with Gasteiger partial charge in [-0.1, -0.05) is 6.07 Å². The van der Waals surface area contributed by atoms with Crippen LogP contribution in [0.2, 0.25) is 0 Å². The average molecular weight is 472 g/mol. The second-order valence-corrected chi connectivity index (χ2v) is 8.13. The van der Waals surface area contributed by atoms with E-state index < -0.39 is 17.4 Å². The minimum absolute atomic E-state index is 0.0186. The number of nitrogens with two attached hydrogens (primary N) is 1. The maximum atomic E-state index is 15.0. The van der Waals surface area contributed by atoms with Gasteiger partial charge in [0.25, 0.3) is 5.91 Å². The summed E-state index contributed by atoms with van der Waals surface area (Å²) in [4.78, 5) is 25.0. The van der Waals surface area contributed by atoms with Gasteiger partial charge >= 0.3 is 0 Å². The lowest BCUT2D eigenvalue weighted by Gasteiger charge is -2.32. The second-order valence-electron chi connectivity index (χ2n) is 8.13. The van der Waals surface area contributed by atoms with Crippen molar-refractivity contribution in [1.82, 2.24) is 15.5 Å². The van der Waals surface area contributed by atoms with Gasteiger partial charge in [-0.3, -0.25) is 20.4 Å². The normalized spacial score (nSPS) is 18.5. The molecule has 0 aliphatic carbocycles. The van der Waals surface area contributed by atoms with Crippen molar-refractivity contribution >= 4 is 34.6 Å². The van der Waals surface area contributed by atoms with E-state index in [0.29, 0.717) is 31.8 Å². The van der Waals surface area contributed by atoms with Crippen LogP contribution in [0.15, 0.2) is 35.7 Å². The lowest BCUT2D eigenvalue weighted by Crippen LogP contribution is -2.42. The zero-order valence-electron chi connectivity index (χ0n) is 19.3. The number of primary amides is 1. The standard InChI is InChI=1S/C23H30FN7O3/c1-13(32)31-7-5-19(29-15-6-8-34-12-15)17(11-31)22(26)30-20-4-3-14(9-18(20)24)16(10-28-2)21(25)23(27)33/h3-4,9-10,15,25,28-29H,5-8,11-12H2,1-2H3,(H2,26,30)(H2,27,33)/b16-10-,25-21?. The Kier molecular flexibility index (Phi) is 8.00. The quantitative estimate of drug-likeness (QED) is 0.247. The smallest absolute Gasteiger partial charge is 0.267 e. The van der Waals surface area contributed by atoms with E-state index in [1.807, 2.05) is 0 Å². The Labute approximate surface area is 197 Å². The van der Waals surface area contributed by atoms with Crippen molar-refractivity contribution in [3.8, 4) is 0 Å². The summed E-state index contributed by atoms with van der Waals surface area (Å²) >= 11 is 0. The van der Waals surface area contributed by atoms with E-state index in [-0.39, 0.29) is 41.2 Å². The molecule has 0 saturated carbocycles. The van der Waals surface area contributed by atoms with Crippen LogP contribution in [0, 0.1) is 16.6 Å². The molecule has 2 aliphatic rings. The molecule has 182 valence electrons. The number of amides is 2. The minimum atomic E-state index is -0.933. The van der Waals surface area contributed by atoms with Crippen LogP contribution in [0.25, 0.3) is 5.57 Å². The van der Waals surface area contributed by atoms with Crippen molar-refractivity contribution in [2.75, 3.05) is 38.7 Å². The lowest BCUT2D eigenvalue weighted by atomic mass is 10.0. The SMILES string of the molecule is CN/C=C(\C(=N)C(N)=O)c1ccc(NC(=N)C2=C(NC3CCOC3)CCN(C(C)=O)C2)c(F)c1. The summed E-state index contributed by atoms with van der Waals surface area (Å²) in [7, 11) is 1.59. The van der Waals surface area contributed by atoms with Crippen molar-refractivity contribution in [3.63, 3.8) is 0 Å². The molecule has 2 amide bonds. The van der Waals surface area contributed by atoms with Crippen LogP contribution in [-0.2, 0) is 14.3 Å². The number of anilines is 1. The van der Waals surface area contributed by atoms with E-state index in [1.165, 1.54) is 31.3 Å². The van der Waals surface area contributed by atoms with Gasteiger partial charge in [0.15, 0.2) is 0 Å². The van der Waals surface area contributed by atoms with Gasteiger partial charge in [-0.15, -0.1) is 0 Å². The topological polar surface area (TPSA) is 156 Å². The highest BCUT2D eigenvalue weighted by Gasteiger charge is 2.27. The van der Waals surface area contributed by atoms with E-state index in [9.17, 15) is 14.0 Å². The number of carbonyl (C=O) groups excluding carboxylic acids is 2. The molecule has 3 rings (SSSR count). The first kappa shape index (κ1) is 24.9. The summed E-state index contributed by atoms with van der Waals surface area (Å²) in [6.45, 7) is 3.51. The number of ether oxygens (including phenoxy) is 1. The van der Waals surface area contributed by atoms with E-state index >= 15 is 0 Å². The van der Waals surface area contributed by atoms with E-state index in [1.54, 1.807) is 11.9 Å². The Balaban J connectivity index is 1.84. The van der Waals surface area contributed by atoms with Crippen molar-refractivity contribution in [3.05, 3.63) is 47.0 Å². The lowest BCUT2D eigenvalue weighted by molar-refractivity contribution is -0.128. The third-order valence-electron chi connectivity index (χ3n) is 5.74. The van der Waals surface area contributed by atoms with Crippen molar-refractivity contribution in [2.24, 2.45) is 5.73 Å². The fraction of sp³-hybridized carbons (Fsp3) is 0.391.